The second kappa shape index (κ2) is 5.50. The predicted octanol–water partition coefficient (Wildman–Crippen LogP) is 2.65. The number of nitrogens with two attached hydrogens (primary N) is 1. The summed E-state index contributed by atoms with van der Waals surface area (Å²) in [6, 6.07) is 2.00. The first-order valence-electron chi connectivity index (χ1n) is 5.88. The zero-order chi connectivity index (χ0) is 12.3. The molecule has 5 heteroatoms. The van der Waals surface area contributed by atoms with Crippen molar-refractivity contribution in [3.05, 3.63) is 20.8 Å². The van der Waals surface area contributed by atoms with E-state index in [1.54, 1.807) is 11.3 Å². The summed E-state index contributed by atoms with van der Waals surface area (Å²) in [5.74, 6) is 0.123. The molecule has 3 N–H and O–H groups in total. The number of halogens is 1. The molecule has 17 heavy (non-hydrogen) atoms. The number of thiophene rings is 1. The van der Waals surface area contributed by atoms with Crippen LogP contribution in [0.4, 0.5) is 0 Å². The third kappa shape index (κ3) is 2.72. The van der Waals surface area contributed by atoms with Crippen LogP contribution in [0.2, 0.25) is 0 Å². The highest BCUT2D eigenvalue weighted by molar-refractivity contribution is 9.10. The van der Waals surface area contributed by atoms with E-state index in [0.29, 0.717) is 13.1 Å². The Balaban J connectivity index is 1.95. The Morgan fingerprint density at radius 3 is 2.76 bits per heavy atom. The molecule has 1 aliphatic carbocycles. The molecule has 3 nitrogen and oxygen atoms in total. The normalized spacial score (nSPS) is 18.2. The third-order valence-corrected chi connectivity index (χ3v) is 5.46. The monoisotopic (exact) mass is 316 g/mol. The molecule has 0 atom stereocenters. The number of carbonyl (C=O) groups excluding carboxylic acids is 1. The second-order valence-corrected chi connectivity index (χ2v) is 6.42. The van der Waals surface area contributed by atoms with Gasteiger partial charge < -0.3 is 11.1 Å². The lowest BCUT2D eigenvalue weighted by Crippen LogP contribution is -2.43. The number of amides is 1. The van der Waals surface area contributed by atoms with Gasteiger partial charge in [-0.1, -0.05) is 12.8 Å². The van der Waals surface area contributed by atoms with Crippen molar-refractivity contribution in [1.29, 1.82) is 0 Å². The van der Waals surface area contributed by atoms with E-state index in [0.717, 1.165) is 35.0 Å². The fraction of sp³-hybridized carbons (Fsp3) is 0.583. The van der Waals surface area contributed by atoms with Crippen LogP contribution in [0, 0.1) is 5.41 Å². The number of hydrogen-bond acceptors (Lipinski definition) is 3. The molecule has 0 spiro atoms. The molecule has 0 aromatic carbocycles. The molecular weight excluding hydrogens is 300 g/mol. The van der Waals surface area contributed by atoms with E-state index in [4.69, 9.17) is 5.73 Å². The fourth-order valence-electron chi connectivity index (χ4n) is 2.37. The van der Waals surface area contributed by atoms with Gasteiger partial charge in [-0.05, 0) is 40.2 Å². The van der Waals surface area contributed by atoms with Crippen LogP contribution in [0.1, 0.15) is 30.6 Å². The molecule has 0 bridgehead atoms. The van der Waals surface area contributed by atoms with Gasteiger partial charge >= 0.3 is 0 Å². The number of nitrogens with one attached hydrogen (secondary N) is 1. The van der Waals surface area contributed by atoms with E-state index in [9.17, 15) is 4.79 Å². The van der Waals surface area contributed by atoms with Gasteiger partial charge in [0.2, 0.25) is 5.91 Å². The maximum atomic E-state index is 12.2. The predicted molar refractivity (Wildman–Crippen MR) is 73.8 cm³/mol. The van der Waals surface area contributed by atoms with E-state index in [2.05, 4.69) is 21.2 Å². The standard InChI is InChI=1S/C12H17BrN2OS/c13-9-3-6-17-10(9)7-15-11(16)12(8-14)4-1-2-5-12/h3,6H,1-2,4-5,7-8,14H2,(H,15,16). The molecule has 1 saturated carbocycles. The fourth-order valence-corrected chi connectivity index (χ4v) is 3.81. The van der Waals surface area contributed by atoms with Crippen molar-refractivity contribution in [3.8, 4) is 0 Å². The Hall–Kier alpha value is -0.390. The van der Waals surface area contributed by atoms with Crippen molar-refractivity contribution in [3.63, 3.8) is 0 Å². The minimum absolute atomic E-state index is 0.123. The molecular formula is C12H17BrN2OS. The van der Waals surface area contributed by atoms with Crippen LogP contribution < -0.4 is 11.1 Å². The summed E-state index contributed by atoms with van der Waals surface area (Å²) in [6.45, 7) is 1.06. The van der Waals surface area contributed by atoms with E-state index >= 15 is 0 Å². The lowest BCUT2D eigenvalue weighted by atomic mass is 9.85. The summed E-state index contributed by atoms with van der Waals surface area (Å²) >= 11 is 5.11. The van der Waals surface area contributed by atoms with Crippen molar-refractivity contribution < 1.29 is 4.79 Å². The Morgan fingerprint density at radius 2 is 2.24 bits per heavy atom. The van der Waals surface area contributed by atoms with E-state index in [1.165, 1.54) is 0 Å². The van der Waals surface area contributed by atoms with Crippen molar-refractivity contribution >= 4 is 33.2 Å². The lowest BCUT2D eigenvalue weighted by Gasteiger charge is -2.25. The first kappa shape index (κ1) is 13.1. The molecule has 1 amide bonds. The summed E-state index contributed by atoms with van der Waals surface area (Å²) < 4.78 is 1.07. The smallest absolute Gasteiger partial charge is 0.227 e. The number of carbonyl (C=O) groups is 1. The van der Waals surface area contributed by atoms with Crippen molar-refractivity contribution in [2.24, 2.45) is 11.1 Å². The van der Waals surface area contributed by atoms with Crippen LogP contribution in [0.3, 0.4) is 0 Å². The molecule has 1 heterocycles. The Bertz CT molecular complexity index is 399. The minimum atomic E-state index is -0.302. The van der Waals surface area contributed by atoms with Gasteiger partial charge in [-0.15, -0.1) is 11.3 Å². The molecule has 0 aliphatic heterocycles. The largest absolute Gasteiger partial charge is 0.351 e. The van der Waals surface area contributed by atoms with Gasteiger partial charge in [0, 0.05) is 15.9 Å². The highest BCUT2D eigenvalue weighted by Crippen LogP contribution is 2.37. The zero-order valence-electron chi connectivity index (χ0n) is 9.67. The first-order chi connectivity index (χ1) is 8.18. The molecule has 94 valence electrons. The average molecular weight is 317 g/mol. The SMILES string of the molecule is NCC1(C(=O)NCc2sccc2Br)CCCC1. The van der Waals surface area contributed by atoms with E-state index in [-0.39, 0.29) is 11.3 Å². The second-order valence-electron chi connectivity index (χ2n) is 4.57. The van der Waals surface area contributed by atoms with Crippen LogP contribution in [-0.2, 0) is 11.3 Å². The van der Waals surface area contributed by atoms with Gasteiger partial charge in [0.05, 0.1) is 12.0 Å². The summed E-state index contributed by atoms with van der Waals surface area (Å²) in [7, 11) is 0. The van der Waals surface area contributed by atoms with Crippen molar-refractivity contribution in [2.45, 2.75) is 32.2 Å². The molecule has 1 aromatic heterocycles. The van der Waals surface area contributed by atoms with Gasteiger partial charge in [0.25, 0.3) is 0 Å². The quantitative estimate of drug-likeness (QED) is 0.897. The number of rotatable bonds is 4. The van der Waals surface area contributed by atoms with E-state index < -0.39 is 0 Å². The summed E-state index contributed by atoms with van der Waals surface area (Å²) in [6.07, 6.45) is 4.10. The lowest BCUT2D eigenvalue weighted by molar-refractivity contribution is -0.130. The molecule has 0 saturated heterocycles. The van der Waals surface area contributed by atoms with Gasteiger partial charge in [0.1, 0.15) is 0 Å². The molecule has 1 aliphatic rings. The van der Waals surface area contributed by atoms with Crippen LogP contribution in [0.5, 0.6) is 0 Å². The summed E-state index contributed by atoms with van der Waals surface area (Å²) in [5, 5.41) is 5.03. The number of hydrogen-bond donors (Lipinski definition) is 2. The summed E-state index contributed by atoms with van der Waals surface area (Å²) in [4.78, 5) is 13.4. The molecule has 0 unspecified atom stereocenters. The molecule has 1 aromatic rings. The molecule has 0 radical (unpaired) electrons. The summed E-state index contributed by atoms with van der Waals surface area (Å²) in [5.41, 5.74) is 5.48. The van der Waals surface area contributed by atoms with Gasteiger partial charge in [-0.2, -0.15) is 0 Å². The first-order valence-corrected chi connectivity index (χ1v) is 7.55. The highest BCUT2D eigenvalue weighted by atomic mass is 79.9. The molecule has 2 rings (SSSR count). The highest BCUT2D eigenvalue weighted by Gasteiger charge is 2.39. The molecule has 1 fully saturated rings. The van der Waals surface area contributed by atoms with Crippen LogP contribution in [-0.4, -0.2) is 12.5 Å². The maximum absolute atomic E-state index is 12.2. The van der Waals surface area contributed by atoms with Crippen molar-refractivity contribution in [1.82, 2.24) is 5.32 Å². The van der Waals surface area contributed by atoms with Crippen molar-refractivity contribution in [2.75, 3.05) is 6.54 Å². The Labute approximate surface area is 114 Å². The average Bonchev–Trinajstić information content (AvgIpc) is 2.95. The maximum Gasteiger partial charge on any atom is 0.227 e. The third-order valence-electron chi connectivity index (χ3n) is 3.53. The minimum Gasteiger partial charge on any atom is -0.351 e. The Kier molecular flexibility index (Phi) is 4.22. The van der Waals surface area contributed by atoms with Crippen LogP contribution in [0.15, 0.2) is 15.9 Å². The van der Waals surface area contributed by atoms with Crippen LogP contribution >= 0.6 is 27.3 Å². The van der Waals surface area contributed by atoms with Crippen LogP contribution in [0.25, 0.3) is 0 Å². The van der Waals surface area contributed by atoms with Gasteiger partial charge in [0.15, 0.2) is 0 Å². The topological polar surface area (TPSA) is 55.1 Å². The zero-order valence-corrected chi connectivity index (χ0v) is 12.1. The van der Waals surface area contributed by atoms with Gasteiger partial charge in [-0.3, -0.25) is 4.79 Å². The van der Waals surface area contributed by atoms with E-state index in [1.807, 2.05) is 11.4 Å². The van der Waals surface area contributed by atoms with Gasteiger partial charge in [-0.25, -0.2) is 0 Å². The Morgan fingerprint density at radius 1 is 1.53 bits per heavy atom.